The Morgan fingerprint density at radius 2 is 2.15 bits per heavy atom. The fourth-order valence-electron chi connectivity index (χ4n) is 3.68. The summed E-state index contributed by atoms with van der Waals surface area (Å²) in [5.41, 5.74) is 1.22. The lowest BCUT2D eigenvalue weighted by Gasteiger charge is -2.22. The van der Waals surface area contributed by atoms with Gasteiger partial charge in [0.1, 0.15) is 0 Å². The normalized spacial score (nSPS) is 26.3. The molecule has 0 bridgehead atoms. The number of ether oxygens (including phenoxy) is 1. The number of rotatable bonds is 6. The number of hydrogen-bond acceptors (Lipinski definition) is 3. The van der Waals surface area contributed by atoms with E-state index in [2.05, 4.69) is 69.6 Å². The summed E-state index contributed by atoms with van der Waals surface area (Å²) in [6, 6.07) is 8.60. The van der Waals surface area contributed by atoms with Gasteiger partial charge in [0.25, 0.3) is 0 Å². The Labute approximate surface area is 165 Å². The molecule has 0 amide bonds. The van der Waals surface area contributed by atoms with Gasteiger partial charge in [-0.25, -0.2) is 0 Å². The monoisotopic (exact) mass is 422 g/mol. The van der Waals surface area contributed by atoms with Crippen LogP contribution < -0.4 is 15.5 Å². The highest BCUT2D eigenvalue weighted by atomic mass is 79.9. The quantitative estimate of drug-likeness (QED) is 0.544. The van der Waals surface area contributed by atoms with Gasteiger partial charge in [-0.1, -0.05) is 15.9 Å². The van der Waals surface area contributed by atoms with E-state index in [0.29, 0.717) is 5.92 Å². The minimum absolute atomic E-state index is 0.0892. The maximum atomic E-state index is 5.85. The number of aliphatic imine (C=N–C) groups is 1. The van der Waals surface area contributed by atoms with Crippen LogP contribution in [0.25, 0.3) is 0 Å². The fourth-order valence-corrected chi connectivity index (χ4v) is 3.94. The molecule has 2 aliphatic heterocycles. The Hall–Kier alpha value is -1.27. The van der Waals surface area contributed by atoms with Crippen LogP contribution in [0, 0.1) is 5.92 Å². The standard InChI is InChI=1S/C20H31BrN4O/c1-3-22-19(24-15-20(2)10-4-12-26-20)23-13-16-9-11-25(14-16)18-7-5-17(21)6-8-18/h5-8,16H,3-4,9-15H2,1-2H3,(H2,22,23,24). The predicted octanol–water partition coefficient (Wildman–Crippen LogP) is 3.40. The highest BCUT2D eigenvalue weighted by Crippen LogP contribution is 2.26. The molecule has 2 atom stereocenters. The average Bonchev–Trinajstić information content (AvgIpc) is 3.28. The molecular weight excluding hydrogens is 392 g/mol. The average molecular weight is 423 g/mol. The zero-order valence-corrected chi connectivity index (χ0v) is 17.5. The number of nitrogens with one attached hydrogen (secondary N) is 2. The largest absolute Gasteiger partial charge is 0.373 e. The van der Waals surface area contributed by atoms with Crippen molar-refractivity contribution in [2.75, 3.05) is 44.2 Å². The molecule has 2 N–H and O–H groups in total. The van der Waals surface area contributed by atoms with Crippen LogP contribution in [0.1, 0.15) is 33.1 Å². The van der Waals surface area contributed by atoms with Crippen LogP contribution in [0.5, 0.6) is 0 Å². The summed E-state index contributed by atoms with van der Waals surface area (Å²) in [6.07, 6.45) is 3.45. The summed E-state index contributed by atoms with van der Waals surface area (Å²) in [4.78, 5) is 7.23. The highest BCUT2D eigenvalue weighted by Gasteiger charge is 2.29. The second-order valence-corrected chi connectivity index (χ2v) is 8.47. The summed E-state index contributed by atoms with van der Waals surface area (Å²) < 4.78 is 6.98. The van der Waals surface area contributed by atoms with Crippen LogP contribution in [0.4, 0.5) is 5.69 Å². The highest BCUT2D eigenvalue weighted by molar-refractivity contribution is 9.10. The topological polar surface area (TPSA) is 48.9 Å². The third-order valence-corrected chi connectivity index (χ3v) is 5.78. The Balaban J connectivity index is 1.49. The lowest BCUT2D eigenvalue weighted by molar-refractivity contribution is 0.0283. The first-order valence-electron chi connectivity index (χ1n) is 9.75. The van der Waals surface area contributed by atoms with Crippen molar-refractivity contribution in [1.82, 2.24) is 10.6 Å². The Morgan fingerprint density at radius 1 is 1.35 bits per heavy atom. The Kier molecular flexibility index (Phi) is 6.81. The molecule has 2 saturated heterocycles. The molecule has 2 unspecified atom stereocenters. The molecule has 2 aliphatic rings. The molecule has 0 aromatic heterocycles. The summed E-state index contributed by atoms with van der Waals surface area (Å²) in [5.74, 6) is 1.55. The molecule has 6 heteroatoms. The van der Waals surface area contributed by atoms with Crippen molar-refractivity contribution < 1.29 is 4.74 Å². The number of guanidine groups is 1. The van der Waals surface area contributed by atoms with Crippen LogP contribution in [-0.2, 0) is 4.74 Å². The van der Waals surface area contributed by atoms with Gasteiger partial charge in [0.05, 0.1) is 12.1 Å². The summed E-state index contributed by atoms with van der Waals surface area (Å²) >= 11 is 3.51. The molecule has 0 saturated carbocycles. The first-order valence-corrected chi connectivity index (χ1v) is 10.5. The van der Waals surface area contributed by atoms with E-state index in [9.17, 15) is 0 Å². The fraction of sp³-hybridized carbons (Fsp3) is 0.650. The number of nitrogens with zero attached hydrogens (tertiary/aromatic N) is 2. The van der Waals surface area contributed by atoms with E-state index in [1.807, 2.05) is 0 Å². The molecule has 26 heavy (non-hydrogen) atoms. The van der Waals surface area contributed by atoms with Gasteiger partial charge in [-0.3, -0.25) is 4.99 Å². The van der Waals surface area contributed by atoms with E-state index in [1.54, 1.807) is 0 Å². The molecule has 1 aromatic rings. The number of halogens is 1. The van der Waals surface area contributed by atoms with Crippen LogP contribution in [-0.4, -0.2) is 50.9 Å². The molecule has 1 aromatic carbocycles. The van der Waals surface area contributed by atoms with E-state index in [0.717, 1.165) is 62.6 Å². The summed E-state index contributed by atoms with van der Waals surface area (Å²) in [6.45, 7) is 9.90. The van der Waals surface area contributed by atoms with Gasteiger partial charge in [-0.05, 0) is 63.3 Å². The summed E-state index contributed by atoms with van der Waals surface area (Å²) in [5, 5.41) is 6.90. The van der Waals surface area contributed by atoms with Gasteiger partial charge in [0.2, 0.25) is 0 Å². The summed E-state index contributed by atoms with van der Waals surface area (Å²) in [7, 11) is 0. The molecule has 5 nitrogen and oxygen atoms in total. The maximum Gasteiger partial charge on any atom is 0.191 e. The zero-order chi connectivity index (χ0) is 18.4. The smallest absolute Gasteiger partial charge is 0.191 e. The van der Waals surface area contributed by atoms with Crippen molar-refractivity contribution in [3.8, 4) is 0 Å². The van der Waals surface area contributed by atoms with Crippen molar-refractivity contribution in [3.63, 3.8) is 0 Å². The molecule has 2 heterocycles. The third-order valence-electron chi connectivity index (χ3n) is 5.25. The van der Waals surface area contributed by atoms with E-state index < -0.39 is 0 Å². The lowest BCUT2D eigenvalue weighted by Crippen LogP contribution is -2.41. The van der Waals surface area contributed by atoms with Crippen LogP contribution in [0.15, 0.2) is 33.7 Å². The van der Waals surface area contributed by atoms with Gasteiger partial charge >= 0.3 is 0 Å². The number of anilines is 1. The zero-order valence-electron chi connectivity index (χ0n) is 15.9. The number of hydrogen-bond donors (Lipinski definition) is 2. The van der Waals surface area contributed by atoms with Gasteiger partial charge < -0.3 is 20.3 Å². The van der Waals surface area contributed by atoms with Gasteiger partial charge in [0, 0.05) is 42.9 Å². The van der Waals surface area contributed by atoms with Crippen molar-refractivity contribution >= 4 is 27.6 Å². The van der Waals surface area contributed by atoms with Gasteiger partial charge in [0.15, 0.2) is 5.96 Å². The predicted molar refractivity (Wildman–Crippen MR) is 112 cm³/mol. The van der Waals surface area contributed by atoms with Crippen molar-refractivity contribution in [2.24, 2.45) is 10.9 Å². The van der Waals surface area contributed by atoms with Crippen molar-refractivity contribution in [1.29, 1.82) is 0 Å². The SMILES string of the molecule is CCNC(=NCC1(C)CCCO1)NCC1CCN(c2ccc(Br)cc2)C1. The minimum atomic E-state index is -0.0892. The van der Waals surface area contributed by atoms with E-state index in [4.69, 9.17) is 9.73 Å². The van der Waals surface area contributed by atoms with Crippen LogP contribution in [0.3, 0.4) is 0 Å². The molecule has 0 radical (unpaired) electrons. The van der Waals surface area contributed by atoms with Crippen molar-refractivity contribution in [2.45, 2.75) is 38.7 Å². The molecule has 3 rings (SSSR count). The molecule has 0 aliphatic carbocycles. The lowest BCUT2D eigenvalue weighted by atomic mass is 10.0. The number of benzene rings is 1. The Bertz CT molecular complexity index is 598. The Morgan fingerprint density at radius 3 is 2.85 bits per heavy atom. The first-order chi connectivity index (χ1) is 12.6. The van der Waals surface area contributed by atoms with E-state index >= 15 is 0 Å². The van der Waals surface area contributed by atoms with E-state index in [1.165, 1.54) is 12.1 Å². The second kappa shape index (κ2) is 9.09. The van der Waals surface area contributed by atoms with E-state index in [-0.39, 0.29) is 5.60 Å². The molecule has 0 spiro atoms. The van der Waals surface area contributed by atoms with Gasteiger partial charge in [-0.2, -0.15) is 0 Å². The molecule has 144 valence electrons. The third kappa shape index (κ3) is 5.36. The molecule has 2 fully saturated rings. The minimum Gasteiger partial charge on any atom is -0.373 e. The first kappa shape index (κ1) is 19.5. The second-order valence-electron chi connectivity index (χ2n) is 7.56. The van der Waals surface area contributed by atoms with Crippen LogP contribution >= 0.6 is 15.9 Å². The van der Waals surface area contributed by atoms with Gasteiger partial charge in [-0.15, -0.1) is 0 Å². The molecular formula is C20H31BrN4O. The van der Waals surface area contributed by atoms with Crippen molar-refractivity contribution in [3.05, 3.63) is 28.7 Å². The van der Waals surface area contributed by atoms with Crippen LogP contribution in [0.2, 0.25) is 0 Å². The maximum absolute atomic E-state index is 5.85.